The van der Waals surface area contributed by atoms with Crippen LogP contribution in [0.15, 0.2) is 44.8 Å². The van der Waals surface area contributed by atoms with E-state index in [0.717, 1.165) is 0 Å². The molecule has 1 aromatic heterocycles. The molecule has 0 radical (unpaired) electrons. The van der Waals surface area contributed by atoms with Crippen LogP contribution < -0.4 is 5.14 Å². The van der Waals surface area contributed by atoms with E-state index < -0.39 is 49.3 Å². The number of primary sulfonamides is 1. The van der Waals surface area contributed by atoms with Crippen LogP contribution in [0.5, 0.6) is 0 Å². The van der Waals surface area contributed by atoms with E-state index in [4.69, 9.17) is 14.6 Å². The van der Waals surface area contributed by atoms with E-state index in [0.29, 0.717) is 16.9 Å². The van der Waals surface area contributed by atoms with Gasteiger partial charge in [0.25, 0.3) is 0 Å². The van der Waals surface area contributed by atoms with Gasteiger partial charge in [0, 0.05) is 12.1 Å². The Bertz CT molecular complexity index is 1270. The van der Waals surface area contributed by atoms with E-state index in [1.165, 1.54) is 17.9 Å². The lowest BCUT2D eigenvalue weighted by Crippen LogP contribution is -2.41. The topological polar surface area (TPSA) is 150 Å². The molecule has 1 aliphatic heterocycles. The van der Waals surface area contributed by atoms with Crippen molar-refractivity contribution in [1.29, 1.82) is 0 Å². The summed E-state index contributed by atoms with van der Waals surface area (Å²) in [5.74, 6) is -0.555. The van der Waals surface area contributed by atoms with E-state index >= 15 is 0 Å². The Morgan fingerprint density at radius 2 is 1.91 bits per heavy atom. The second-order valence-corrected chi connectivity index (χ2v) is 13.3. The van der Waals surface area contributed by atoms with Crippen molar-refractivity contribution in [2.24, 2.45) is 5.14 Å². The average molecular weight is 531 g/mol. The normalized spacial score (nSPS) is 20.1. The molecule has 2 heterocycles. The molecule has 1 aliphatic rings. The van der Waals surface area contributed by atoms with Crippen molar-refractivity contribution in [1.82, 2.24) is 4.90 Å². The predicted molar refractivity (Wildman–Crippen MR) is 125 cm³/mol. The van der Waals surface area contributed by atoms with Gasteiger partial charge in [0.15, 0.2) is 9.84 Å². The lowest BCUT2D eigenvalue weighted by atomic mass is 10.0. The number of hydrogen-bond donors (Lipinski definition) is 1. The number of sulfone groups is 1. The molecule has 13 heteroatoms. The first-order valence-electron chi connectivity index (χ1n) is 10.5. The fourth-order valence-electron chi connectivity index (χ4n) is 3.61. The minimum absolute atomic E-state index is 0.0659. The number of fused-ring (bicyclic) bond motifs is 1. The van der Waals surface area contributed by atoms with Gasteiger partial charge in [0.1, 0.15) is 21.1 Å². The Hall–Kier alpha value is -2.48. The number of carbonyl (C=O) groups excluding carboxylic acids is 2. The summed E-state index contributed by atoms with van der Waals surface area (Å²) in [6.45, 7) is 4.76. The first-order valence-corrected chi connectivity index (χ1v) is 14.4. The van der Waals surface area contributed by atoms with Crippen LogP contribution in [0.25, 0.3) is 0 Å². The van der Waals surface area contributed by atoms with Gasteiger partial charge < -0.3 is 14.4 Å². The zero-order chi connectivity index (χ0) is 25.3. The molecule has 3 rings (SSSR count). The predicted octanol–water partition coefficient (Wildman–Crippen LogP) is 2.71. The standard InChI is InChI=1S/C21H26N2O8S3/c1-4-23(21(25)31-13(2)12-30-19(24)15-8-6-5-7-9-15)17-10-14(3)33(26,27)20-16(17)11-18(32-20)34(22,28)29/h5-9,11,13-14,17H,4,10,12H2,1-3H3,(H2,22,28,29)/t13?,14-,17-/m0/s1. The highest BCUT2D eigenvalue weighted by Gasteiger charge is 2.43. The van der Waals surface area contributed by atoms with E-state index in [1.807, 2.05) is 0 Å². The molecule has 34 heavy (non-hydrogen) atoms. The van der Waals surface area contributed by atoms with Gasteiger partial charge in [0.05, 0.1) is 16.9 Å². The number of ether oxygens (including phenoxy) is 2. The zero-order valence-electron chi connectivity index (χ0n) is 18.8. The van der Waals surface area contributed by atoms with Crippen molar-refractivity contribution >= 4 is 43.3 Å². The van der Waals surface area contributed by atoms with Gasteiger partial charge in [-0.3, -0.25) is 0 Å². The number of thiophene rings is 1. The fourth-order valence-corrected chi connectivity index (χ4v) is 8.00. The maximum absolute atomic E-state index is 13.0. The van der Waals surface area contributed by atoms with E-state index in [2.05, 4.69) is 0 Å². The van der Waals surface area contributed by atoms with Gasteiger partial charge in [-0.05, 0) is 45.4 Å². The third-order valence-corrected chi connectivity index (χ3v) is 10.7. The SMILES string of the molecule is CCN(C(=O)OC(C)COC(=O)c1ccccc1)[C@H]1C[C@H](C)S(=O)(=O)c2sc(S(N)(=O)=O)cc21. The fraction of sp³-hybridized carbons (Fsp3) is 0.429. The lowest BCUT2D eigenvalue weighted by Gasteiger charge is -2.35. The largest absolute Gasteiger partial charge is 0.458 e. The number of nitrogens with zero attached hydrogens (tertiary/aromatic N) is 1. The molecular formula is C21H26N2O8S3. The quantitative estimate of drug-likeness (QED) is 0.537. The Morgan fingerprint density at radius 1 is 1.26 bits per heavy atom. The number of carbonyl (C=O) groups is 2. The lowest BCUT2D eigenvalue weighted by molar-refractivity contribution is 0.00896. The van der Waals surface area contributed by atoms with Gasteiger partial charge in [0.2, 0.25) is 10.0 Å². The summed E-state index contributed by atoms with van der Waals surface area (Å²) in [5, 5.41) is 4.37. The molecule has 1 amide bonds. The average Bonchev–Trinajstić information content (AvgIpc) is 3.24. The minimum atomic E-state index is -4.13. The molecule has 2 N–H and O–H groups in total. The number of sulfonamides is 1. The van der Waals surface area contributed by atoms with Crippen molar-refractivity contribution in [2.75, 3.05) is 13.2 Å². The molecule has 2 aromatic rings. The summed E-state index contributed by atoms with van der Waals surface area (Å²) < 4.78 is 59.5. The molecule has 1 unspecified atom stereocenters. The summed E-state index contributed by atoms with van der Waals surface area (Å²) in [6, 6.07) is 8.86. The third-order valence-electron chi connectivity index (χ3n) is 5.40. The van der Waals surface area contributed by atoms with E-state index in [1.54, 1.807) is 44.2 Å². The summed E-state index contributed by atoms with van der Waals surface area (Å²) in [4.78, 5) is 26.4. The smallest absolute Gasteiger partial charge is 0.410 e. The third kappa shape index (κ3) is 5.43. The molecule has 0 saturated carbocycles. The first kappa shape index (κ1) is 26.1. The molecule has 186 valence electrons. The van der Waals surface area contributed by atoms with E-state index in [-0.39, 0.29) is 33.6 Å². The number of hydrogen-bond acceptors (Lipinski definition) is 9. The molecule has 10 nitrogen and oxygen atoms in total. The van der Waals surface area contributed by atoms with Crippen molar-refractivity contribution in [2.45, 2.75) is 53.0 Å². The molecular weight excluding hydrogens is 504 g/mol. The second kappa shape index (κ2) is 10.0. The van der Waals surface area contributed by atoms with Gasteiger partial charge >= 0.3 is 12.1 Å². The van der Waals surface area contributed by atoms with Crippen LogP contribution in [0.1, 0.15) is 49.2 Å². The highest BCUT2D eigenvalue weighted by atomic mass is 32.3. The van der Waals surface area contributed by atoms with Gasteiger partial charge in [-0.2, -0.15) is 0 Å². The zero-order valence-corrected chi connectivity index (χ0v) is 21.3. The molecule has 0 spiro atoms. The molecule has 1 aromatic carbocycles. The van der Waals surface area contributed by atoms with Crippen molar-refractivity contribution in [3.05, 3.63) is 47.5 Å². The maximum Gasteiger partial charge on any atom is 0.410 e. The summed E-state index contributed by atoms with van der Waals surface area (Å²) in [7, 11) is -7.89. The molecule has 0 fully saturated rings. The molecule has 0 aliphatic carbocycles. The summed E-state index contributed by atoms with van der Waals surface area (Å²) in [5.41, 5.74) is 0.568. The summed E-state index contributed by atoms with van der Waals surface area (Å²) >= 11 is 0.582. The van der Waals surface area contributed by atoms with Crippen LogP contribution in [-0.2, 0) is 29.3 Å². The second-order valence-electron chi connectivity index (χ2n) is 7.91. The highest BCUT2D eigenvalue weighted by Crippen LogP contribution is 2.45. The van der Waals surface area contributed by atoms with Crippen LogP contribution in [-0.4, -0.2) is 58.3 Å². The summed E-state index contributed by atoms with van der Waals surface area (Å²) in [6.07, 6.45) is -1.45. The Labute approximate surface area is 202 Å². The molecule has 0 bridgehead atoms. The Morgan fingerprint density at radius 3 is 2.50 bits per heavy atom. The van der Waals surface area contributed by atoms with Crippen LogP contribution in [0.2, 0.25) is 0 Å². The van der Waals surface area contributed by atoms with Gasteiger partial charge in [-0.1, -0.05) is 18.2 Å². The Balaban J connectivity index is 1.77. The number of esters is 1. The monoisotopic (exact) mass is 530 g/mol. The van der Waals surface area contributed by atoms with Gasteiger partial charge in [-0.15, -0.1) is 11.3 Å². The molecule has 3 atom stereocenters. The van der Waals surface area contributed by atoms with Crippen molar-refractivity contribution in [3.63, 3.8) is 0 Å². The van der Waals surface area contributed by atoms with Crippen LogP contribution in [0.4, 0.5) is 4.79 Å². The van der Waals surface area contributed by atoms with Crippen molar-refractivity contribution in [3.8, 4) is 0 Å². The maximum atomic E-state index is 13.0. The Kier molecular flexibility index (Phi) is 7.70. The minimum Gasteiger partial charge on any atom is -0.458 e. The van der Waals surface area contributed by atoms with Crippen LogP contribution in [0.3, 0.4) is 0 Å². The number of amides is 1. The highest BCUT2D eigenvalue weighted by molar-refractivity contribution is 7.95. The van der Waals surface area contributed by atoms with E-state index in [9.17, 15) is 26.4 Å². The first-order chi connectivity index (χ1) is 15.9. The van der Waals surface area contributed by atoms with Crippen molar-refractivity contribution < 1.29 is 35.9 Å². The number of nitrogens with two attached hydrogens (primary N) is 1. The van der Waals surface area contributed by atoms with Gasteiger partial charge in [-0.25, -0.2) is 31.6 Å². The molecule has 0 saturated heterocycles. The number of rotatable bonds is 7. The number of benzene rings is 1. The van der Waals surface area contributed by atoms with Crippen LogP contribution >= 0.6 is 11.3 Å². The van der Waals surface area contributed by atoms with Crippen LogP contribution in [0, 0.1) is 0 Å².